The third-order valence-corrected chi connectivity index (χ3v) is 3.12. The molecule has 1 aromatic rings. The minimum absolute atomic E-state index is 0.246. The van der Waals surface area contributed by atoms with Crippen LogP contribution in [0.5, 0.6) is 0 Å². The predicted molar refractivity (Wildman–Crippen MR) is 55.8 cm³/mol. The Bertz CT molecular complexity index is 360. The second-order valence-electron chi connectivity index (χ2n) is 2.88. The van der Waals surface area contributed by atoms with E-state index in [9.17, 15) is 9.00 Å². The first-order valence-electron chi connectivity index (χ1n) is 4.30. The molecule has 1 rings (SSSR count). The van der Waals surface area contributed by atoms with Crippen molar-refractivity contribution in [3.8, 4) is 0 Å². The molecular formula is C10H12O3S. The van der Waals surface area contributed by atoms with Crippen LogP contribution in [0.3, 0.4) is 0 Å². The molecule has 1 N–H and O–H groups in total. The van der Waals surface area contributed by atoms with Crippen LogP contribution in [0.4, 0.5) is 0 Å². The molecule has 4 heteroatoms. The number of aromatic carboxylic acids is 1. The average molecular weight is 212 g/mol. The number of carboxylic acids is 1. The zero-order chi connectivity index (χ0) is 10.6. The average Bonchev–Trinajstić information content (AvgIpc) is 2.18. The number of carbonyl (C=O) groups is 1. The molecule has 1 unspecified atom stereocenters. The molecule has 1 aromatic carbocycles. The van der Waals surface area contributed by atoms with Gasteiger partial charge in [0.1, 0.15) is 0 Å². The molecular weight excluding hydrogens is 200 g/mol. The van der Waals surface area contributed by atoms with Gasteiger partial charge >= 0.3 is 5.97 Å². The third-order valence-electron chi connectivity index (χ3n) is 1.82. The molecule has 0 aliphatic carbocycles. The summed E-state index contributed by atoms with van der Waals surface area (Å²) in [6.07, 6.45) is 0. The molecule has 76 valence electrons. The predicted octanol–water partition coefficient (Wildman–Crippen LogP) is 1.65. The van der Waals surface area contributed by atoms with Crippen molar-refractivity contribution in [2.24, 2.45) is 0 Å². The van der Waals surface area contributed by atoms with Crippen molar-refractivity contribution in [3.63, 3.8) is 0 Å². The molecule has 0 fully saturated rings. The molecule has 0 heterocycles. The minimum atomic E-state index is -0.950. The lowest BCUT2D eigenvalue weighted by Gasteiger charge is -2.01. The van der Waals surface area contributed by atoms with Gasteiger partial charge in [-0.1, -0.05) is 19.1 Å². The van der Waals surface area contributed by atoms with Crippen molar-refractivity contribution < 1.29 is 14.1 Å². The number of rotatable bonds is 4. The lowest BCUT2D eigenvalue weighted by atomic mass is 10.1. The van der Waals surface area contributed by atoms with E-state index < -0.39 is 16.8 Å². The Morgan fingerprint density at radius 3 is 2.79 bits per heavy atom. The van der Waals surface area contributed by atoms with Crippen molar-refractivity contribution >= 4 is 16.8 Å². The van der Waals surface area contributed by atoms with E-state index in [-0.39, 0.29) is 5.56 Å². The zero-order valence-corrected chi connectivity index (χ0v) is 8.71. The molecule has 0 aliphatic heterocycles. The van der Waals surface area contributed by atoms with Crippen molar-refractivity contribution in [1.29, 1.82) is 0 Å². The summed E-state index contributed by atoms with van der Waals surface area (Å²) in [6, 6.07) is 6.56. The molecule has 14 heavy (non-hydrogen) atoms. The molecule has 0 radical (unpaired) electrons. The van der Waals surface area contributed by atoms with E-state index in [1.54, 1.807) is 18.2 Å². The maximum absolute atomic E-state index is 11.2. The molecule has 0 aliphatic rings. The van der Waals surface area contributed by atoms with Gasteiger partial charge in [-0.05, 0) is 17.7 Å². The summed E-state index contributed by atoms with van der Waals surface area (Å²) in [5.41, 5.74) is 1.06. The van der Waals surface area contributed by atoms with Gasteiger partial charge in [-0.2, -0.15) is 0 Å². The van der Waals surface area contributed by atoms with Crippen LogP contribution in [-0.2, 0) is 16.6 Å². The smallest absolute Gasteiger partial charge is 0.335 e. The van der Waals surface area contributed by atoms with E-state index >= 15 is 0 Å². The van der Waals surface area contributed by atoms with Crippen molar-refractivity contribution in [3.05, 3.63) is 35.4 Å². The molecule has 0 bridgehead atoms. The van der Waals surface area contributed by atoms with Crippen LogP contribution in [0.2, 0.25) is 0 Å². The van der Waals surface area contributed by atoms with Crippen LogP contribution < -0.4 is 0 Å². The first kappa shape index (κ1) is 10.9. The highest BCUT2D eigenvalue weighted by Gasteiger charge is 2.04. The third kappa shape index (κ3) is 2.96. The second kappa shape index (κ2) is 4.91. The van der Waals surface area contributed by atoms with Crippen molar-refractivity contribution in [2.75, 3.05) is 5.75 Å². The highest BCUT2D eigenvalue weighted by atomic mass is 32.2. The molecule has 0 saturated heterocycles. The van der Waals surface area contributed by atoms with E-state index in [0.717, 1.165) is 5.56 Å². The summed E-state index contributed by atoms with van der Waals surface area (Å²) < 4.78 is 11.2. The maximum atomic E-state index is 11.2. The number of carboxylic acid groups (broad SMARTS) is 1. The van der Waals surface area contributed by atoms with Gasteiger partial charge in [0, 0.05) is 22.3 Å². The summed E-state index contributed by atoms with van der Waals surface area (Å²) in [7, 11) is -0.892. The van der Waals surface area contributed by atoms with E-state index in [2.05, 4.69) is 0 Å². The Hall–Kier alpha value is -1.16. The topological polar surface area (TPSA) is 54.4 Å². The molecule has 0 saturated carbocycles. The van der Waals surface area contributed by atoms with E-state index in [1.807, 2.05) is 6.92 Å². The van der Waals surface area contributed by atoms with E-state index in [1.165, 1.54) is 6.07 Å². The minimum Gasteiger partial charge on any atom is -0.478 e. The van der Waals surface area contributed by atoms with Gasteiger partial charge in [0.2, 0.25) is 0 Å². The van der Waals surface area contributed by atoms with Crippen LogP contribution in [0, 0.1) is 0 Å². The Morgan fingerprint density at radius 1 is 1.50 bits per heavy atom. The zero-order valence-electron chi connectivity index (χ0n) is 7.90. The van der Waals surface area contributed by atoms with Gasteiger partial charge in [0.05, 0.1) is 5.56 Å². The second-order valence-corrected chi connectivity index (χ2v) is 4.62. The van der Waals surface area contributed by atoms with Gasteiger partial charge in [-0.15, -0.1) is 0 Å². The van der Waals surface area contributed by atoms with Gasteiger partial charge in [0.25, 0.3) is 0 Å². The highest BCUT2D eigenvalue weighted by Crippen LogP contribution is 2.07. The first-order chi connectivity index (χ1) is 6.63. The summed E-state index contributed by atoms with van der Waals surface area (Å²) in [5, 5.41) is 8.72. The quantitative estimate of drug-likeness (QED) is 0.825. The standard InChI is InChI=1S/C10H12O3S/c1-2-14(13)7-8-4-3-5-9(6-8)10(11)12/h3-6H,2,7H2,1H3,(H,11,12). The monoisotopic (exact) mass is 212 g/mol. The Labute approximate surface area is 85.2 Å². The summed E-state index contributed by atoms with van der Waals surface area (Å²) >= 11 is 0. The van der Waals surface area contributed by atoms with Gasteiger partial charge < -0.3 is 5.11 Å². The molecule has 1 atom stereocenters. The number of benzene rings is 1. The fourth-order valence-electron chi connectivity index (χ4n) is 1.08. The highest BCUT2D eigenvalue weighted by molar-refractivity contribution is 7.84. The number of hydrogen-bond acceptors (Lipinski definition) is 2. The number of hydrogen-bond donors (Lipinski definition) is 1. The Balaban J connectivity index is 2.83. The van der Waals surface area contributed by atoms with Crippen LogP contribution in [0.1, 0.15) is 22.8 Å². The molecule has 0 spiro atoms. The van der Waals surface area contributed by atoms with E-state index in [0.29, 0.717) is 11.5 Å². The molecule has 0 aromatic heterocycles. The van der Waals surface area contributed by atoms with Crippen LogP contribution in [-0.4, -0.2) is 21.0 Å². The van der Waals surface area contributed by atoms with Crippen molar-refractivity contribution in [2.45, 2.75) is 12.7 Å². The fraction of sp³-hybridized carbons (Fsp3) is 0.300. The summed E-state index contributed by atoms with van der Waals surface area (Å²) in [5.74, 6) is 0.0729. The van der Waals surface area contributed by atoms with Crippen LogP contribution in [0.15, 0.2) is 24.3 Å². The SMILES string of the molecule is CCS(=O)Cc1cccc(C(=O)O)c1. The summed E-state index contributed by atoms with van der Waals surface area (Å²) in [6.45, 7) is 1.84. The van der Waals surface area contributed by atoms with Crippen molar-refractivity contribution in [1.82, 2.24) is 0 Å². The Morgan fingerprint density at radius 2 is 2.21 bits per heavy atom. The van der Waals surface area contributed by atoms with Crippen LogP contribution in [0.25, 0.3) is 0 Å². The van der Waals surface area contributed by atoms with Gasteiger partial charge in [-0.25, -0.2) is 4.79 Å². The lowest BCUT2D eigenvalue weighted by molar-refractivity contribution is 0.0697. The van der Waals surface area contributed by atoms with E-state index in [4.69, 9.17) is 5.11 Å². The fourth-order valence-corrected chi connectivity index (χ4v) is 1.84. The van der Waals surface area contributed by atoms with Gasteiger partial charge in [0.15, 0.2) is 0 Å². The summed E-state index contributed by atoms with van der Waals surface area (Å²) in [4.78, 5) is 10.6. The normalized spacial score (nSPS) is 12.4. The Kier molecular flexibility index (Phi) is 3.83. The molecule has 3 nitrogen and oxygen atoms in total. The van der Waals surface area contributed by atoms with Gasteiger partial charge in [-0.3, -0.25) is 4.21 Å². The van der Waals surface area contributed by atoms with Crippen LogP contribution >= 0.6 is 0 Å². The maximum Gasteiger partial charge on any atom is 0.335 e. The largest absolute Gasteiger partial charge is 0.478 e. The first-order valence-corrected chi connectivity index (χ1v) is 5.79. The molecule has 0 amide bonds. The lowest BCUT2D eigenvalue weighted by Crippen LogP contribution is -2.01.